The lowest BCUT2D eigenvalue weighted by Crippen LogP contribution is -2.38. The van der Waals surface area contributed by atoms with Gasteiger partial charge in [0.05, 0.1) is 21.7 Å². The van der Waals surface area contributed by atoms with Gasteiger partial charge in [0.1, 0.15) is 11.5 Å². The number of phenols is 1. The van der Waals surface area contributed by atoms with Crippen molar-refractivity contribution < 1.29 is 19.8 Å². The third kappa shape index (κ3) is 4.71. The van der Waals surface area contributed by atoms with Gasteiger partial charge in [-0.05, 0) is 49.0 Å². The Morgan fingerprint density at radius 2 is 1.68 bits per heavy atom. The Bertz CT molecular complexity index is 1020. The van der Waals surface area contributed by atoms with Gasteiger partial charge in [0.15, 0.2) is 0 Å². The quantitative estimate of drug-likeness (QED) is 0.360. The lowest BCUT2D eigenvalue weighted by atomic mass is 9.95. The van der Waals surface area contributed by atoms with E-state index in [4.69, 9.17) is 23.2 Å². The average Bonchev–Trinajstić information content (AvgIpc) is 3.01. The van der Waals surface area contributed by atoms with Gasteiger partial charge in [-0.1, -0.05) is 49.2 Å². The number of carbonyl (C=O) groups is 2. The Labute approximate surface area is 191 Å². The maximum absolute atomic E-state index is 13.0. The van der Waals surface area contributed by atoms with Crippen LogP contribution in [0.1, 0.15) is 31.0 Å². The van der Waals surface area contributed by atoms with Crippen molar-refractivity contribution >= 4 is 40.7 Å². The fraction of sp³-hybridized carbons (Fsp3) is 0.304. The highest BCUT2D eigenvalue weighted by Crippen LogP contribution is 2.40. The van der Waals surface area contributed by atoms with Crippen LogP contribution < -0.4 is 0 Å². The summed E-state index contributed by atoms with van der Waals surface area (Å²) < 4.78 is 0. The maximum atomic E-state index is 13.0. The molecule has 1 aliphatic rings. The summed E-state index contributed by atoms with van der Waals surface area (Å²) in [6, 6.07) is 9.97. The maximum Gasteiger partial charge on any atom is 0.295 e. The first-order valence-corrected chi connectivity index (χ1v) is 10.8. The second-order valence-corrected chi connectivity index (χ2v) is 8.05. The van der Waals surface area contributed by atoms with Gasteiger partial charge in [-0.3, -0.25) is 9.59 Å². The number of rotatable bonds is 7. The molecule has 1 aliphatic heterocycles. The van der Waals surface area contributed by atoms with E-state index in [-0.39, 0.29) is 22.1 Å². The fourth-order valence-corrected chi connectivity index (χ4v) is 4.00. The number of carbonyl (C=O) groups excluding carboxylic acids is 2. The van der Waals surface area contributed by atoms with Crippen LogP contribution in [0.25, 0.3) is 5.76 Å². The van der Waals surface area contributed by atoms with Gasteiger partial charge in [0.2, 0.25) is 0 Å². The van der Waals surface area contributed by atoms with E-state index in [1.165, 1.54) is 29.2 Å². The number of amides is 1. The normalized spacial score (nSPS) is 18.2. The number of ketones is 1. The van der Waals surface area contributed by atoms with E-state index < -0.39 is 17.7 Å². The first-order chi connectivity index (χ1) is 14.8. The number of halogens is 2. The lowest BCUT2D eigenvalue weighted by molar-refractivity contribution is -0.140. The summed E-state index contributed by atoms with van der Waals surface area (Å²) in [5.41, 5.74) is 0.881. The number of nitrogens with zero attached hydrogens (tertiary/aromatic N) is 2. The Balaban J connectivity index is 2.11. The van der Waals surface area contributed by atoms with Crippen molar-refractivity contribution in [2.75, 3.05) is 26.2 Å². The number of hydrogen-bond acceptors (Lipinski definition) is 5. The first-order valence-electron chi connectivity index (χ1n) is 10.0. The minimum atomic E-state index is -0.786. The predicted molar refractivity (Wildman–Crippen MR) is 121 cm³/mol. The molecule has 164 valence electrons. The Morgan fingerprint density at radius 1 is 1.03 bits per heavy atom. The molecule has 0 aliphatic carbocycles. The molecule has 31 heavy (non-hydrogen) atoms. The van der Waals surface area contributed by atoms with Crippen molar-refractivity contribution in [2.24, 2.45) is 0 Å². The van der Waals surface area contributed by atoms with Crippen LogP contribution in [-0.4, -0.2) is 57.9 Å². The molecule has 2 N–H and O–H groups in total. The number of likely N-dealkylation sites (tertiary alicyclic amines) is 1. The highest BCUT2D eigenvalue weighted by molar-refractivity contribution is 6.46. The SMILES string of the molecule is CCN(CC)CCN1C(=O)C(=O)/C(=C(\O)c2ccc(Cl)c(Cl)c2)C1c1ccc(O)cc1. The predicted octanol–water partition coefficient (Wildman–Crippen LogP) is 4.46. The zero-order chi connectivity index (χ0) is 22.7. The minimum absolute atomic E-state index is 0.0198. The van der Waals surface area contributed by atoms with Gasteiger partial charge in [-0.2, -0.15) is 0 Å². The number of aliphatic hydroxyl groups is 1. The van der Waals surface area contributed by atoms with E-state index >= 15 is 0 Å². The second kappa shape index (κ2) is 9.73. The van der Waals surface area contributed by atoms with Crippen molar-refractivity contribution in [3.8, 4) is 5.75 Å². The van der Waals surface area contributed by atoms with Gasteiger partial charge in [0.25, 0.3) is 11.7 Å². The van der Waals surface area contributed by atoms with Crippen LogP contribution >= 0.6 is 23.2 Å². The van der Waals surface area contributed by atoms with Crippen LogP contribution in [0.15, 0.2) is 48.0 Å². The van der Waals surface area contributed by atoms with E-state index in [2.05, 4.69) is 4.90 Å². The monoisotopic (exact) mass is 462 g/mol. The smallest absolute Gasteiger partial charge is 0.295 e. The molecule has 0 aromatic heterocycles. The summed E-state index contributed by atoms with van der Waals surface area (Å²) in [6.45, 7) is 6.58. The Kier molecular flexibility index (Phi) is 7.26. The molecule has 1 amide bonds. The Morgan fingerprint density at radius 3 is 2.26 bits per heavy atom. The molecule has 1 saturated heterocycles. The number of likely N-dealkylation sites (N-methyl/N-ethyl adjacent to an activating group) is 1. The number of benzene rings is 2. The molecule has 0 saturated carbocycles. The van der Waals surface area contributed by atoms with Gasteiger partial charge < -0.3 is 20.0 Å². The first kappa shape index (κ1) is 23.1. The van der Waals surface area contributed by atoms with E-state index in [1.807, 2.05) is 13.8 Å². The number of Topliss-reactive ketones (excluding diaryl/α,β-unsaturated/α-hetero) is 1. The molecule has 3 rings (SSSR count). The van der Waals surface area contributed by atoms with Crippen LogP contribution in [0.3, 0.4) is 0 Å². The largest absolute Gasteiger partial charge is 0.508 e. The molecule has 1 atom stereocenters. The van der Waals surface area contributed by atoms with Crippen LogP contribution in [0.4, 0.5) is 0 Å². The standard InChI is InChI=1S/C23H24Cl2N2O4/c1-3-26(4-2)11-12-27-20(14-5-8-16(28)9-6-14)19(22(30)23(27)31)21(29)15-7-10-17(24)18(25)13-15/h5-10,13,20,28-29H,3-4,11-12H2,1-2H3/b21-19-. The van der Waals surface area contributed by atoms with Crippen molar-refractivity contribution in [3.63, 3.8) is 0 Å². The lowest BCUT2D eigenvalue weighted by Gasteiger charge is -2.28. The van der Waals surface area contributed by atoms with Crippen LogP contribution in [0.5, 0.6) is 5.75 Å². The molecule has 0 bridgehead atoms. The van der Waals surface area contributed by atoms with Gasteiger partial charge in [0, 0.05) is 18.7 Å². The zero-order valence-electron chi connectivity index (χ0n) is 17.3. The minimum Gasteiger partial charge on any atom is -0.508 e. The topological polar surface area (TPSA) is 81.1 Å². The third-order valence-electron chi connectivity index (χ3n) is 5.49. The third-order valence-corrected chi connectivity index (χ3v) is 6.23. The van der Waals surface area contributed by atoms with Crippen molar-refractivity contribution in [2.45, 2.75) is 19.9 Å². The molecule has 0 spiro atoms. The van der Waals surface area contributed by atoms with Crippen molar-refractivity contribution in [1.29, 1.82) is 0 Å². The summed E-state index contributed by atoms with van der Waals surface area (Å²) in [5.74, 6) is -1.69. The summed E-state index contributed by atoms with van der Waals surface area (Å²) in [5, 5.41) is 21.2. The molecule has 2 aromatic rings. The van der Waals surface area contributed by atoms with Gasteiger partial charge >= 0.3 is 0 Å². The van der Waals surface area contributed by atoms with E-state index in [0.717, 1.165) is 13.1 Å². The molecule has 1 fully saturated rings. The zero-order valence-corrected chi connectivity index (χ0v) is 18.8. The molecule has 0 radical (unpaired) electrons. The van der Waals surface area contributed by atoms with Crippen molar-refractivity contribution in [3.05, 3.63) is 69.2 Å². The average molecular weight is 463 g/mol. The van der Waals surface area contributed by atoms with E-state index in [9.17, 15) is 19.8 Å². The molecule has 8 heteroatoms. The van der Waals surface area contributed by atoms with Crippen molar-refractivity contribution in [1.82, 2.24) is 9.80 Å². The molecule has 2 aromatic carbocycles. The number of aliphatic hydroxyl groups excluding tert-OH is 1. The number of aromatic hydroxyl groups is 1. The highest BCUT2D eigenvalue weighted by Gasteiger charge is 2.46. The summed E-state index contributed by atoms with van der Waals surface area (Å²) in [6.07, 6.45) is 0. The summed E-state index contributed by atoms with van der Waals surface area (Å²) in [7, 11) is 0. The van der Waals surface area contributed by atoms with Gasteiger partial charge in [-0.25, -0.2) is 0 Å². The number of hydrogen-bond donors (Lipinski definition) is 2. The van der Waals surface area contributed by atoms with Gasteiger partial charge in [-0.15, -0.1) is 0 Å². The fourth-order valence-electron chi connectivity index (χ4n) is 3.70. The van der Waals surface area contributed by atoms with Crippen LogP contribution in [0.2, 0.25) is 10.0 Å². The highest BCUT2D eigenvalue weighted by atomic mass is 35.5. The summed E-state index contributed by atoms with van der Waals surface area (Å²) >= 11 is 12.1. The Hall–Kier alpha value is -2.54. The molecule has 1 unspecified atom stereocenters. The molecular weight excluding hydrogens is 439 g/mol. The molecule has 6 nitrogen and oxygen atoms in total. The summed E-state index contributed by atoms with van der Waals surface area (Å²) in [4.78, 5) is 29.5. The van der Waals surface area contributed by atoms with Crippen LogP contribution in [0, 0.1) is 0 Å². The van der Waals surface area contributed by atoms with Crippen LogP contribution in [-0.2, 0) is 9.59 Å². The number of phenolic OH excluding ortho intramolecular Hbond substituents is 1. The van der Waals surface area contributed by atoms with E-state index in [0.29, 0.717) is 29.2 Å². The van der Waals surface area contributed by atoms with E-state index in [1.54, 1.807) is 18.2 Å². The molecular formula is C23H24Cl2N2O4. The molecule has 1 heterocycles. The second-order valence-electron chi connectivity index (χ2n) is 7.24.